The lowest BCUT2D eigenvalue weighted by Gasteiger charge is -2.04. The molecule has 15 heavy (non-hydrogen) atoms. The minimum atomic E-state index is 0.485. The van der Waals surface area contributed by atoms with Crippen LogP contribution in [0.25, 0.3) is 11.5 Å². The van der Waals surface area contributed by atoms with Gasteiger partial charge in [0.2, 0.25) is 0 Å². The zero-order chi connectivity index (χ0) is 11.0. The average Bonchev–Trinajstić information content (AvgIpc) is 2.60. The maximum Gasteiger partial charge on any atom is 0.179 e. The van der Waals surface area contributed by atoms with Crippen LogP contribution in [0.1, 0.15) is 5.69 Å². The summed E-state index contributed by atoms with van der Waals surface area (Å²) in [6.07, 6.45) is 3.43. The summed E-state index contributed by atoms with van der Waals surface area (Å²) in [6.45, 7) is 1.91. The molecule has 0 bridgehead atoms. The van der Waals surface area contributed by atoms with Crippen LogP contribution in [0.15, 0.2) is 12.5 Å². The molecule has 6 heteroatoms. The molecule has 0 aliphatic rings. The van der Waals surface area contributed by atoms with E-state index in [1.165, 1.54) is 0 Å². The first-order valence-electron chi connectivity index (χ1n) is 4.26. The van der Waals surface area contributed by atoms with Crippen LogP contribution in [0.3, 0.4) is 0 Å². The van der Waals surface area contributed by atoms with Gasteiger partial charge in [-0.3, -0.25) is 0 Å². The summed E-state index contributed by atoms with van der Waals surface area (Å²) < 4.78 is 2.75. The van der Waals surface area contributed by atoms with E-state index in [-0.39, 0.29) is 0 Å². The van der Waals surface area contributed by atoms with E-state index >= 15 is 0 Å². The third-order valence-electron chi connectivity index (χ3n) is 2.02. The minimum absolute atomic E-state index is 0.485. The molecule has 4 nitrogen and oxygen atoms in total. The molecule has 0 radical (unpaired) electrons. The number of hydrogen-bond acceptors (Lipinski definition) is 3. The van der Waals surface area contributed by atoms with E-state index in [0.29, 0.717) is 11.0 Å². The Labute approximate surface area is 106 Å². The van der Waals surface area contributed by atoms with Gasteiger partial charge in [-0.1, -0.05) is 11.6 Å². The molecular weight excluding hydrogens is 326 g/mol. The van der Waals surface area contributed by atoms with Gasteiger partial charge in [0.15, 0.2) is 5.82 Å². The molecule has 2 rings (SSSR count). The standard InChI is InChI=1S/C9H8ClIN4/c1-5-7(11)8(10)14-9(13-5)6-3-12-4-15(6)2/h3-4H,1-2H3. The molecule has 0 N–H and O–H groups in total. The highest BCUT2D eigenvalue weighted by atomic mass is 127. The Hall–Kier alpha value is -0.690. The average molecular weight is 335 g/mol. The fourth-order valence-corrected chi connectivity index (χ4v) is 1.67. The molecule has 0 unspecified atom stereocenters. The number of aromatic nitrogens is 4. The van der Waals surface area contributed by atoms with Crippen molar-refractivity contribution < 1.29 is 0 Å². The molecule has 0 aliphatic carbocycles. The quantitative estimate of drug-likeness (QED) is 0.594. The fraction of sp³-hybridized carbons (Fsp3) is 0.222. The minimum Gasteiger partial charge on any atom is -0.331 e. The smallest absolute Gasteiger partial charge is 0.179 e. The largest absolute Gasteiger partial charge is 0.331 e. The monoisotopic (exact) mass is 334 g/mol. The third-order valence-corrected chi connectivity index (χ3v) is 3.91. The van der Waals surface area contributed by atoms with Crippen molar-refractivity contribution in [1.29, 1.82) is 0 Å². The number of hydrogen-bond donors (Lipinski definition) is 0. The number of rotatable bonds is 1. The molecular formula is C9H8ClIN4. The summed E-state index contributed by atoms with van der Waals surface area (Å²) in [6, 6.07) is 0. The molecule has 2 heterocycles. The maximum atomic E-state index is 6.00. The van der Waals surface area contributed by atoms with Crippen molar-refractivity contribution in [2.75, 3.05) is 0 Å². The van der Waals surface area contributed by atoms with Crippen molar-refractivity contribution in [2.45, 2.75) is 6.92 Å². The lowest BCUT2D eigenvalue weighted by atomic mass is 10.4. The number of imidazole rings is 1. The second-order valence-electron chi connectivity index (χ2n) is 3.13. The van der Waals surface area contributed by atoms with Crippen LogP contribution in [0.4, 0.5) is 0 Å². The Bertz CT molecular complexity index is 486. The summed E-state index contributed by atoms with van der Waals surface area (Å²) in [5.41, 5.74) is 1.74. The van der Waals surface area contributed by atoms with Crippen LogP contribution >= 0.6 is 34.2 Å². The summed E-state index contributed by atoms with van der Waals surface area (Å²) in [7, 11) is 1.90. The van der Waals surface area contributed by atoms with E-state index in [2.05, 4.69) is 37.5 Å². The van der Waals surface area contributed by atoms with Gasteiger partial charge in [0.05, 0.1) is 21.8 Å². The lowest BCUT2D eigenvalue weighted by molar-refractivity contribution is 0.904. The molecule has 78 valence electrons. The van der Waals surface area contributed by atoms with E-state index in [0.717, 1.165) is 15.0 Å². The van der Waals surface area contributed by atoms with E-state index in [9.17, 15) is 0 Å². The normalized spacial score (nSPS) is 10.7. The molecule has 0 aliphatic heterocycles. The Kier molecular flexibility index (Phi) is 2.92. The molecule has 0 aromatic carbocycles. The zero-order valence-electron chi connectivity index (χ0n) is 8.20. The predicted octanol–water partition coefficient (Wildman–Crippen LogP) is 2.44. The molecule has 2 aromatic rings. The molecule has 2 aromatic heterocycles. The highest BCUT2D eigenvalue weighted by molar-refractivity contribution is 14.1. The van der Waals surface area contributed by atoms with Gasteiger partial charge in [0.25, 0.3) is 0 Å². The summed E-state index contributed by atoms with van der Waals surface area (Å²) in [5.74, 6) is 0.609. The van der Waals surface area contributed by atoms with Crippen LogP contribution in [0.5, 0.6) is 0 Å². The Balaban J connectivity index is 2.60. The van der Waals surface area contributed by atoms with Gasteiger partial charge in [-0.05, 0) is 29.5 Å². The Morgan fingerprint density at radius 3 is 2.67 bits per heavy atom. The predicted molar refractivity (Wildman–Crippen MR) is 66.7 cm³/mol. The van der Waals surface area contributed by atoms with Gasteiger partial charge in [-0.15, -0.1) is 0 Å². The number of aryl methyl sites for hydroxylation is 2. The van der Waals surface area contributed by atoms with Crippen molar-refractivity contribution in [3.63, 3.8) is 0 Å². The fourth-order valence-electron chi connectivity index (χ4n) is 1.21. The molecule has 0 fully saturated rings. The van der Waals surface area contributed by atoms with E-state index in [1.54, 1.807) is 12.5 Å². The van der Waals surface area contributed by atoms with Crippen molar-refractivity contribution >= 4 is 34.2 Å². The second-order valence-corrected chi connectivity index (χ2v) is 4.56. The highest BCUT2D eigenvalue weighted by Gasteiger charge is 2.11. The van der Waals surface area contributed by atoms with E-state index in [1.807, 2.05) is 18.5 Å². The summed E-state index contributed by atoms with van der Waals surface area (Å²) in [5, 5.41) is 0.485. The SMILES string of the molecule is Cc1nc(-c2cncn2C)nc(Cl)c1I. The van der Waals surface area contributed by atoms with Crippen molar-refractivity contribution in [1.82, 2.24) is 19.5 Å². The first-order valence-corrected chi connectivity index (χ1v) is 5.71. The van der Waals surface area contributed by atoms with Crippen LogP contribution < -0.4 is 0 Å². The van der Waals surface area contributed by atoms with Crippen molar-refractivity contribution in [2.24, 2.45) is 7.05 Å². The van der Waals surface area contributed by atoms with Gasteiger partial charge in [0.1, 0.15) is 10.8 Å². The molecule has 0 spiro atoms. The topological polar surface area (TPSA) is 43.6 Å². The van der Waals surface area contributed by atoms with Gasteiger partial charge < -0.3 is 4.57 Å². The number of halogens is 2. The first kappa shape index (κ1) is 10.8. The van der Waals surface area contributed by atoms with Crippen molar-refractivity contribution in [3.05, 3.63) is 26.9 Å². The van der Waals surface area contributed by atoms with Crippen LogP contribution in [0.2, 0.25) is 5.15 Å². The maximum absolute atomic E-state index is 6.00. The van der Waals surface area contributed by atoms with Crippen molar-refractivity contribution in [3.8, 4) is 11.5 Å². The Morgan fingerprint density at radius 1 is 1.40 bits per heavy atom. The van der Waals surface area contributed by atoms with Crippen LogP contribution in [-0.2, 0) is 7.05 Å². The van der Waals surface area contributed by atoms with Crippen LogP contribution in [-0.4, -0.2) is 19.5 Å². The van der Waals surface area contributed by atoms with E-state index < -0.39 is 0 Å². The molecule has 0 amide bonds. The lowest BCUT2D eigenvalue weighted by Crippen LogP contribution is -1.99. The number of nitrogens with zero attached hydrogens (tertiary/aromatic N) is 4. The summed E-state index contributed by atoms with van der Waals surface area (Å²) in [4.78, 5) is 12.6. The van der Waals surface area contributed by atoms with Crippen LogP contribution in [0, 0.1) is 10.5 Å². The molecule has 0 saturated heterocycles. The first-order chi connectivity index (χ1) is 7.09. The van der Waals surface area contributed by atoms with Gasteiger partial charge in [-0.2, -0.15) is 0 Å². The second kappa shape index (κ2) is 4.05. The van der Waals surface area contributed by atoms with Gasteiger partial charge in [-0.25, -0.2) is 15.0 Å². The molecule has 0 saturated carbocycles. The van der Waals surface area contributed by atoms with Gasteiger partial charge >= 0.3 is 0 Å². The molecule has 0 atom stereocenters. The summed E-state index contributed by atoms with van der Waals surface area (Å²) >= 11 is 8.13. The zero-order valence-corrected chi connectivity index (χ0v) is 11.1. The van der Waals surface area contributed by atoms with E-state index in [4.69, 9.17) is 11.6 Å². The van der Waals surface area contributed by atoms with Gasteiger partial charge in [0, 0.05) is 7.05 Å². The Morgan fingerprint density at radius 2 is 2.13 bits per heavy atom. The highest BCUT2D eigenvalue weighted by Crippen LogP contribution is 2.22. The third kappa shape index (κ3) is 1.98.